The van der Waals surface area contributed by atoms with Crippen molar-refractivity contribution < 1.29 is 9.90 Å². The minimum absolute atomic E-state index is 0.347. The van der Waals surface area contributed by atoms with Crippen molar-refractivity contribution in [1.29, 1.82) is 0 Å². The molecule has 0 radical (unpaired) electrons. The van der Waals surface area contributed by atoms with Crippen LogP contribution in [0.4, 0.5) is 0 Å². The fraction of sp³-hybridized carbons (Fsp3) is 0.250. The molecule has 0 atom stereocenters. The van der Waals surface area contributed by atoms with Crippen LogP contribution in [0.1, 0.15) is 20.8 Å². The Bertz CT molecular complexity index is 339. The Labute approximate surface area is 95.4 Å². The Morgan fingerprint density at radius 3 is 1.94 bits per heavy atom. The highest BCUT2D eigenvalue weighted by Crippen LogP contribution is 2.00. The monoisotopic (exact) mass is 220 g/mol. The molecule has 1 N–H and O–H groups in total. The number of rotatable bonds is 2. The maximum absolute atomic E-state index is 10.4. The van der Waals surface area contributed by atoms with E-state index in [0.29, 0.717) is 5.57 Å². The Hall–Kier alpha value is -1.97. The van der Waals surface area contributed by atoms with E-state index in [1.54, 1.807) is 37.5 Å². The number of allylic oxidation sites excluding steroid dienone is 2. The number of hydrogen-bond acceptors (Lipinski definition) is 3. The molecule has 0 spiro atoms. The van der Waals surface area contributed by atoms with E-state index in [2.05, 4.69) is 9.97 Å². The molecular weight excluding hydrogens is 204 g/mol. The van der Waals surface area contributed by atoms with Crippen LogP contribution in [0.15, 0.2) is 48.1 Å². The molecule has 0 aromatic carbocycles. The molecule has 4 nitrogen and oxygen atoms in total. The number of carbonyl (C=O) groups is 1. The second kappa shape index (κ2) is 8.35. The van der Waals surface area contributed by atoms with Gasteiger partial charge in [-0.05, 0) is 32.9 Å². The van der Waals surface area contributed by atoms with Crippen LogP contribution in [-0.2, 0) is 4.79 Å². The van der Waals surface area contributed by atoms with Crippen molar-refractivity contribution >= 4 is 5.97 Å². The van der Waals surface area contributed by atoms with E-state index >= 15 is 0 Å². The van der Waals surface area contributed by atoms with Gasteiger partial charge in [0.2, 0.25) is 0 Å². The lowest BCUT2D eigenvalue weighted by Gasteiger charge is -1.92. The molecule has 1 rings (SSSR count). The number of nitrogens with zero attached hydrogens (tertiary/aromatic N) is 2. The highest BCUT2D eigenvalue weighted by atomic mass is 16.4. The van der Waals surface area contributed by atoms with Gasteiger partial charge in [-0.15, -0.1) is 0 Å². The van der Waals surface area contributed by atoms with Crippen molar-refractivity contribution in [1.82, 2.24) is 9.97 Å². The zero-order chi connectivity index (χ0) is 12.4. The first-order chi connectivity index (χ1) is 7.57. The summed E-state index contributed by atoms with van der Waals surface area (Å²) in [4.78, 5) is 17.7. The lowest BCUT2D eigenvalue weighted by atomic mass is 10.2. The summed E-state index contributed by atoms with van der Waals surface area (Å²) in [6, 6.07) is 1.78. The standard InChI is InChI=1S/C8H12O2.C4H4N2/c1-4-7(8(9)10)5-6(2)3;1-2-5-4-6-3-1/h4-5H,1-3H3,(H,9,10);1-4H/b7-4+;. The highest BCUT2D eigenvalue weighted by Gasteiger charge is 1.99. The topological polar surface area (TPSA) is 63.1 Å². The molecule has 1 aromatic rings. The van der Waals surface area contributed by atoms with E-state index in [9.17, 15) is 4.79 Å². The SMILES string of the molecule is C/C=C(\C=C(C)C)C(=O)O.c1cncnc1. The normalized spacial score (nSPS) is 9.81. The van der Waals surface area contributed by atoms with Gasteiger partial charge in [0.1, 0.15) is 6.33 Å². The van der Waals surface area contributed by atoms with Gasteiger partial charge in [-0.2, -0.15) is 0 Å². The van der Waals surface area contributed by atoms with Gasteiger partial charge in [-0.1, -0.05) is 11.6 Å². The summed E-state index contributed by atoms with van der Waals surface area (Å²) in [6.45, 7) is 5.45. The molecule has 0 unspecified atom stereocenters. The van der Waals surface area contributed by atoms with E-state index in [4.69, 9.17) is 5.11 Å². The number of aliphatic carboxylic acids is 1. The van der Waals surface area contributed by atoms with Gasteiger partial charge in [0, 0.05) is 12.4 Å². The molecule has 0 saturated carbocycles. The van der Waals surface area contributed by atoms with Gasteiger partial charge in [0.05, 0.1) is 5.57 Å². The first-order valence-electron chi connectivity index (χ1n) is 4.82. The highest BCUT2D eigenvalue weighted by molar-refractivity contribution is 5.89. The smallest absolute Gasteiger partial charge is 0.335 e. The minimum Gasteiger partial charge on any atom is -0.478 e. The first-order valence-corrected chi connectivity index (χ1v) is 4.82. The van der Waals surface area contributed by atoms with Crippen molar-refractivity contribution in [3.8, 4) is 0 Å². The summed E-state index contributed by atoms with van der Waals surface area (Å²) in [5.74, 6) is -0.872. The van der Waals surface area contributed by atoms with E-state index in [0.717, 1.165) is 5.57 Å². The summed E-state index contributed by atoms with van der Waals surface area (Å²) in [6.07, 6.45) is 8.09. The molecule has 0 fully saturated rings. The summed E-state index contributed by atoms with van der Waals surface area (Å²) in [7, 11) is 0. The van der Waals surface area contributed by atoms with Gasteiger partial charge in [-0.25, -0.2) is 14.8 Å². The van der Waals surface area contributed by atoms with E-state index in [1.165, 1.54) is 6.33 Å². The Kier molecular flexibility index (Phi) is 7.32. The van der Waals surface area contributed by atoms with Gasteiger partial charge in [-0.3, -0.25) is 0 Å². The van der Waals surface area contributed by atoms with E-state index < -0.39 is 5.97 Å². The molecule has 1 aromatic heterocycles. The molecule has 1 heterocycles. The molecule has 4 heteroatoms. The van der Waals surface area contributed by atoms with Gasteiger partial charge in [0.15, 0.2) is 0 Å². The first kappa shape index (κ1) is 14.0. The van der Waals surface area contributed by atoms with E-state index in [1.807, 2.05) is 13.8 Å². The predicted octanol–water partition coefficient (Wildman–Crippen LogP) is 2.46. The Morgan fingerprint density at radius 1 is 1.25 bits per heavy atom. The van der Waals surface area contributed by atoms with E-state index in [-0.39, 0.29) is 0 Å². The minimum atomic E-state index is -0.872. The van der Waals surface area contributed by atoms with Crippen LogP contribution in [0, 0.1) is 0 Å². The molecular formula is C12H16N2O2. The molecule has 0 amide bonds. The van der Waals surface area contributed by atoms with Crippen LogP contribution in [0.5, 0.6) is 0 Å². The van der Waals surface area contributed by atoms with Crippen LogP contribution in [0.2, 0.25) is 0 Å². The molecule has 16 heavy (non-hydrogen) atoms. The van der Waals surface area contributed by atoms with Crippen molar-refractivity contribution in [2.24, 2.45) is 0 Å². The lowest BCUT2D eigenvalue weighted by molar-refractivity contribution is -0.132. The zero-order valence-electron chi connectivity index (χ0n) is 9.71. The summed E-state index contributed by atoms with van der Waals surface area (Å²) in [5.41, 5.74) is 1.34. The largest absolute Gasteiger partial charge is 0.478 e. The summed E-state index contributed by atoms with van der Waals surface area (Å²) < 4.78 is 0. The average molecular weight is 220 g/mol. The van der Waals surface area contributed by atoms with Crippen molar-refractivity contribution in [2.75, 3.05) is 0 Å². The van der Waals surface area contributed by atoms with Gasteiger partial charge >= 0.3 is 5.97 Å². The Morgan fingerprint density at radius 2 is 1.81 bits per heavy atom. The molecule has 0 aliphatic carbocycles. The third-order valence-corrected chi connectivity index (χ3v) is 1.48. The average Bonchev–Trinajstić information content (AvgIpc) is 2.28. The molecule has 0 saturated heterocycles. The fourth-order valence-electron chi connectivity index (χ4n) is 0.833. The van der Waals surface area contributed by atoms with Crippen LogP contribution < -0.4 is 0 Å². The van der Waals surface area contributed by atoms with Crippen molar-refractivity contribution in [2.45, 2.75) is 20.8 Å². The third-order valence-electron chi connectivity index (χ3n) is 1.48. The number of carboxylic acid groups (broad SMARTS) is 1. The fourth-order valence-corrected chi connectivity index (χ4v) is 0.833. The maximum Gasteiger partial charge on any atom is 0.335 e. The second-order valence-electron chi connectivity index (χ2n) is 3.18. The maximum atomic E-state index is 10.4. The number of aromatic nitrogens is 2. The van der Waals surface area contributed by atoms with Crippen LogP contribution >= 0.6 is 0 Å². The number of carboxylic acids is 1. The second-order valence-corrected chi connectivity index (χ2v) is 3.18. The summed E-state index contributed by atoms with van der Waals surface area (Å²) in [5, 5.41) is 8.51. The number of hydrogen-bond donors (Lipinski definition) is 1. The van der Waals surface area contributed by atoms with Crippen LogP contribution in [-0.4, -0.2) is 21.0 Å². The van der Waals surface area contributed by atoms with Crippen LogP contribution in [0.25, 0.3) is 0 Å². The quantitative estimate of drug-likeness (QED) is 0.614. The third kappa shape index (κ3) is 7.44. The predicted molar refractivity (Wildman–Crippen MR) is 62.9 cm³/mol. The van der Waals surface area contributed by atoms with Crippen molar-refractivity contribution in [3.63, 3.8) is 0 Å². The van der Waals surface area contributed by atoms with Crippen molar-refractivity contribution in [3.05, 3.63) is 48.1 Å². The van der Waals surface area contributed by atoms with Crippen LogP contribution in [0.3, 0.4) is 0 Å². The van der Waals surface area contributed by atoms with Gasteiger partial charge < -0.3 is 5.11 Å². The van der Waals surface area contributed by atoms with Gasteiger partial charge in [0.25, 0.3) is 0 Å². The molecule has 86 valence electrons. The molecule has 0 aliphatic rings. The lowest BCUT2D eigenvalue weighted by Crippen LogP contribution is -1.96. The molecule has 0 aliphatic heterocycles. The molecule has 0 bridgehead atoms. The Balaban J connectivity index is 0.000000315. The zero-order valence-corrected chi connectivity index (χ0v) is 9.71. The summed E-state index contributed by atoms with van der Waals surface area (Å²) >= 11 is 0.